The molecule has 1 saturated carbocycles. The molecule has 2 aliphatic rings. The molecule has 1 aliphatic heterocycles. The zero-order valence-electron chi connectivity index (χ0n) is 10.7. The van der Waals surface area contributed by atoms with Gasteiger partial charge in [-0.25, -0.2) is 4.39 Å². The van der Waals surface area contributed by atoms with E-state index >= 15 is 0 Å². The molecule has 3 nitrogen and oxygen atoms in total. The van der Waals surface area contributed by atoms with E-state index in [1.807, 2.05) is 6.92 Å². The highest BCUT2D eigenvalue weighted by atomic mass is 35.5. The lowest BCUT2D eigenvalue weighted by atomic mass is 9.58. The highest BCUT2D eigenvalue weighted by molar-refractivity contribution is 6.30. The number of benzene rings is 1. The van der Waals surface area contributed by atoms with Crippen LogP contribution in [0.5, 0.6) is 0 Å². The Bertz CT molecular complexity index is 555. The minimum atomic E-state index is -0.569. The molecule has 0 atom stereocenters. The van der Waals surface area contributed by atoms with Crippen LogP contribution in [0.3, 0.4) is 0 Å². The number of carbonyl (C=O) groups excluding carboxylic acids is 1. The molecule has 1 aromatic carbocycles. The highest BCUT2D eigenvalue weighted by Crippen LogP contribution is 2.49. The Labute approximate surface area is 116 Å². The first kappa shape index (κ1) is 12.9. The summed E-state index contributed by atoms with van der Waals surface area (Å²) in [7, 11) is 0. The average molecular weight is 283 g/mol. The fraction of sp³-hybridized carbons (Fsp3) is 0.500. The first-order chi connectivity index (χ1) is 8.98. The number of hydrogen-bond donors (Lipinski definition) is 1. The number of carbonyl (C=O) groups is 1. The summed E-state index contributed by atoms with van der Waals surface area (Å²) in [6, 6.07) is 3.11. The normalized spacial score (nSPS) is 29.4. The topological polar surface area (TPSA) is 46.3 Å². The molecular weight excluding hydrogens is 267 g/mol. The number of hydrogen-bond acceptors (Lipinski definition) is 2. The molecule has 3 rings (SSSR count). The number of nitrogens with two attached hydrogens (primary N) is 1. The molecule has 1 aromatic rings. The quantitative estimate of drug-likeness (QED) is 0.858. The van der Waals surface area contributed by atoms with E-state index < -0.39 is 11.2 Å². The van der Waals surface area contributed by atoms with Gasteiger partial charge >= 0.3 is 0 Å². The standard InChI is InChI=1S/C14H16ClFN2O/c1-2-18-7-8-3-12(16)11(15)4-10(8)14(13(18)19)5-9(17)6-14/h3-4,9H,2,5-7,17H2,1H3. The van der Waals surface area contributed by atoms with Gasteiger partial charge in [0.15, 0.2) is 0 Å². The molecule has 1 aliphatic carbocycles. The van der Waals surface area contributed by atoms with Gasteiger partial charge in [-0.1, -0.05) is 11.6 Å². The third-order valence-electron chi connectivity index (χ3n) is 4.32. The number of rotatable bonds is 1. The summed E-state index contributed by atoms with van der Waals surface area (Å²) in [4.78, 5) is 14.4. The van der Waals surface area contributed by atoms with E-state index in [1.54, 1.807) is 11.0 Å². The number of nitrogens with zero attached hydrogens (tertiary/aromatic N) is 1. The first-order valence-corrected chi connectivity index (χ1v) is 6.89. The highest BCUT2D eigenvalue weighted by Gasteiger charge is 2.54. The van der Waals surface area contributed by atoms with Gasteiger partial charge in [-0.3, -0.25) is 4.79 Å². The minimum absolute atomic E-state index is 0.0393. The third-order valence-corrected chi connectivity index (χ3v) is 4.61. The number of amides is 1. The number of likely N-dealkylation sites (N-methyl/N-ethyl adjacent to an activating group) is 1. The largest absolute Gasteiger partial charge is 0.338 e. The van der Waals surface area contributed by atoms with Crippen molar-refractivity contribution in [1.29, 1.82) is 0 Å². The Balaban J connectivity index is 2.15. The summed E-state index contributed by atoms with van der Waals surface area (Å²) >= 11 is 5.88. The van der Waals surface area contributed by atoms with E-state index in [0.29, 0.717) is 25.9 Å². The van der Waals surface area contributed by atoms with Crippen molar-refractivity contribution in [2.45, 2.75) is 37.8 Å². The maximum absolute atomic E-state index is 13.6. The van der Waals surface area contributed by atoms with E-state index in [-0.39, 0.29) is 17.0 Å². The molecule has 1 spiro atoms. The Morgan fingerprint density at radius 2 is 2.21 bits per heavy atom. The number of halogens is 2. The van der Waals surface area contributed by atoms with Crippen molar-refractivity contribution < 1.29 is 9.18 Å². The van der Waals surface area contributed by atoms with Crippen LogP contribution in [0, 0.1) is 5.82 Å². The van der Waals surface area contributed by atoms with Crippen LogP contribution < -0.4 is 5.73 Å². The molecule has 2 N–H and O–H groups in total. The molecule has 1 heterocycles. The average Bonchev–Trinajstić information content (AvgIpc) is 2.34. The number of fused-ring (bicyclic) bond motifs is 2. The monoisotopic (exact) mass is 282 g/mol. The van der Waals surface area contributed by atoms with E-state index in [4.69, 9.17) is 17.3 Å². The van der Waals surface area contributed by atoms with Gasteiger partial charge in [0.2, 0.25) is 5.91 Å². The summed E-state index contributed by atoms with van der Waals surface area (Å²) < 4.78 is 13.6. The SMILES string of the molecule is CCN1Cc2cc(F)c(Cl)cc2C2(CC(N)C2)C1=O. The predicted molar refractivity (Wildman–Crippen MR) is 71.4 cm³/mol. The van der Waals surface area contributed by atoms with Crippen molar-refractivity contribution in [3.8, 4) is 0 Å². The van der Waals surface area contributed by atoms with Crippen molar-refractivity contribution >= 4 is 17.5 Å². The molecule has 0 radical (unpaired) electrons. The summed E-state index contributed by atoms with van der Waals surface area (Å²) in [5.74, 6) is -0.323. The van der Waals surface area contributed by atoms with Crippen LogP contribution >= 0.6 is 11.6 Å². The lowest BCUT2D eigenvalue weighted by Crippen LogP contribution is -2.61. The van der Waals surface area contributed by atoms with Crippen molar-refractivity contribution in [2.75, 3.05) is 6.54 Å². The summed E-state index contributed by atoms with van der Waals surface area (Å²) in [6.45, 7) is 3.01. The fourth-order valence-electron chi connectivity index (χ4n) is 3.34. The molecule has 0 bridgehead atoms. The maximum atomic E-state index is 13.6. The Kier molecular flexibility index (Phi) is 2.84. The fourth-order valence-corrected chi connectivity index (χ4v) is 3.51. The molecule has 1 amide bonds. The molecule has 1 fully saturated rings. The van der Waals surface area contributed by atoms with Gasteiger partial charge in [0, 0.05) is 19.1 Å². The van der Waals surface area contributed by atoms with E-state index in [2.05, 4.69) is 0 Å². The van der Waals surface area contributed by atoms with Crippen molar-refractivity contribution in [1.82, 2.24) is 4.90 Å². The molecule has 5 heteroatoms. The van der Waals surface area contributed by atoms with Gasteiger partial charge < -0.3 is 10.6 Å². The van der Waals surface area contributed by atoms with E-state index in [0.717, 1.165) is 11.1 Å². The molecule has 0 aromatic heterocycles. The van der Waals surface area contributed by atoms with Crippen LogP contribution in [0.1, 0.15) is 30.9 Å². The second-order valence-corrected chi connectivity index (χ2v) is 5.90. The minimum Gasteiger partial charge on any atom is -0.338 e. The molecular formula is C14H16ClFN2O. The van der Waals surface area contributed by atoms with Crippen LogP contribution in [0.15, 0.2) is 12.1 Å². The van der Waals surface area contributed by atoms with Gasteiger partial charge in [-0.15, -0.1) is 0 Å². The van der Waals surface area contributed by atoms with Gasteiger partial charge in [-0.05, 0) is 43.0 Å². The molecule has 19 heavy (non-hydrogen) atoms. The van der Waals surface area contributed by atoms with Crippen molar-refractivity contribution in [3.63, 3.8) is 0 Å². The zero-order chi connectivity index (χ0) is 13.8. The summed E-state index contributed by atoms with van der Waals surface area (Å²) in [6.07, 6.45) is 1.24. The second-order valence-electron chi connectivity index (χ2n) is 5.49. The van der Waals surface area contributed by atoms with Crippen LogP contribution in [0.2, 0.25) is 5.02 Å². The van der Waals surface area contributed by atoms with Crippen molar-refractivity contribution in [2.24, 2.45) is 5.73 Å². The Hall–Kier alpha value is -1.13. The smallest absolute Gasteiger partial charge is 0.233 e. The van der Waals surface area contributed by atoms with Gasteiger partial charge in [-0.2, -0.15) is 0 Å². The second kappa shape index (κ2) is 4.18. The molecule has 0 saturated heterocycles. The lowest BCUT2D eigenvalue weighted by molar-refractivity contribution is -0.143. The third kappa shape index (κ3) is 1.70. The molecule has 0 unspecified atom stereocenters. The van der Waals surface area contributed by atoms with Gasteiger partial charge in [0.05, 0.1) is 10.4 Å². The van der Waals surface area contributed by atoms with Crippen LogP contribution in [-0.2, 0) is 16.8 Å². The van der Waals surface area contributed by atoms with Gasteiger partial charge in [0.1, 0.15) is 5.82 Å². The predicted octanol–water partition coefficient (Wildman–Crippen LogP) is 2.20. The Morgan fingerprint density at radius 1 is 1.53 bits per heavy atom. The van der Waals surface area contributed by atoms with E-state index in [9.17, 15) is 9.18 Å². The first-order valence-electron chi connectivity index (χ1n) is 6.51. The van der Waals surface area contributed by atoms with Crippen LogP contribution in [0.4, 0.5) is 4.39 Å². The van der Waals surface area contributed by atoms with Crippen molar-refractivity contribution in [3.05, 3.63) is 34.1 Å². The molecule has 102 valence electrons. The Morgan fingerprint density at radius 3 is 2.79 bits per heavy atom. The summed E-state index contributed by atoms with van der Waals surface area (Å²) in [5, 5.41) is 0.0799. The maximum Gasteiger partial charge on any atom is 0.233 e. The van der Waals surface area contributed by atoms with Crippen LogP contribution in [0.25, 0.3) is 0 Å². The van der Waals surface area contributed by atoms with Crippen LogP contribution in [-0.4, -0.2) is 23.4 Å². The van der Waals surface area contributed by atoms with Gasteiger partial charge in [0.25, 0.3) is 0 Å². The zero-order valence-corrected chi connectivity index (χ0v) is 11.5. The van der Waals surface area contributed by atoms with E-state index in [1.165, 1.54) is 6.07 Å². The summed E-state index contributed by atoms with van der Waals surface area (Å²) in [5.41, 5.74) is 7.04. The lowest BCUT2D eigenvalue weighted by Gasteiger charge is -2.51.